The molecule has 0 spiro atoms. The second-order valence-corrected chi connectivity index (χ2v) is 7.04. The van der Waals surface area contributed by atoms with Crippen LogP contribution in [-0.2, 0) is 4.74 Å². The van der Waals surface area contributed by atoms with Crippen molar-refractivity contribution in [2.45, 2.75) is 32.8 Å². The highest BCUT2D eigenvalue weighted by atomic mass is 16.5. The van der Waals surface area contributed by atoms with Crippen molar-refractivity contribution in [2.75, 3.05) is 6.61 Å². The number of phenols is 1. The van der Waals surface area contributed by atoms with E-state index in [0.717, 1.165) is 18.1 Å². The monoisotopic (exact) mass is 270 g/mol. The Balaban J connectivity index is 1.77. The average molecular weight is 270 g/mol. The number of aromatic hydroxyl groups is 1. The molecule has 1 saturated carbocycles. The molecular formula is C18H22O2. The third kappa shape index (κ3) is 1.54. The van der Waals surface area contributed by atoms with Crippen LogP contribution in [0.3, 0.4) is 0 Å². The highest BCUT2D eigenvalue weighted by Crippen LogP contribution is 2.62. The van der Waals surface area contributed by atoms with Gasteiger partial charge in [0, 0.05) is 5.56 Å². The van der Waals surface area contributed by atoms with Crippen LogP contribution < -0.4 is 0 Å². The summed E-state index contributed by atoms with van der Waals surface area (Å²) in [5.74, 6) is 2.25. The van der Waals surface area contributed by atoms with Gasteiger partial charge in [0.05, 0.1) is 12.7 Å². The van der Waals surface area contributed by atoms with Crippen molar-refractivity contribution in [1.82, 2.24) is 0 Å². The Labute approximate surface area is 120 Å². The minimum absolute atomic E-state index is 0.0459. The fraction of sp³-hybridized carbons (Fsp3) is 0.556. The lowest BCUT2D eigenvalue weighted by atomic mass is 9.50. The first-order chi connectivity index (χ1) is 9.59. The second-order valence-electron chi connectivity index (χ2n) is 7.04. The lowest BCUT2D eigenvalue weighted by Crippen LogP contribution is -2.52. The minimum Gasteiger partial charge on any atom is -0.508 e. The molecule has 1 heterocycles. The van der Waals surface area contributed by atoms with Gasteiger partial charge in [0.25, 0.3) is 0 Å². The first-order valence-electron chi connectivity index (χ1n) is 7.68. The SMILES string of the molecule is CC1=C[C@@]2(C)[C@@H]3COC(c4ccccc4O)[C@H]2C[C@H]1C3. The number of ether oxygens (including phenoxy) is 1. The summed E-state index contributed by atoms with van der Waals surface area (Å²) in [6, 6.07) is 7.66. The summed E-state index contributed by atoms with van der Waals surface area (Å²) in [6.45, 7) is 5.51. The highest BCUT2D eigenvalue weighted by Gasteiger charge is 2.55. The highest BCUT2D eigenvalue weighted by molar-refractivity contribution is 5.36. The van der Waals surface area contributed by atoms with Gasteiger partial charge in [-0.3, -0.25) is 0 Å². The quantitative estimate of drug-likeness (QED) is 0.779. The van der Waals surface area contributed by atoms with Gasteiger partial charge in [-0.15, -0.1) is 0 Å². The molecule has 0 aromatic heterocycles. The van der Waals surface area contributed by atoms with E-state index in [1.54, 1.807) is 11.6 Å². The molecule has 106 valence electrons. The normalized spacial score (nSPS) is 42.4. The Hall–Kier alpha value is -1.28. The second kappa shape index (κ2) is 4.11. The number of allylic oxidation sites excluding steroid dienone is 2. The van der Waals surface area contributed by atoms with Crippen LogP contribution in [0.5, 0.6) is 5.75 Å². The maximum Gasteiger partial charge on any atom is 0.121 e. The molecule has 4 aliphatic rings. The van der Waals surface area contributed by atoms with Crippen LogP contribution >= 0.6 is 0 Å². The Morgan fingerprint density at radius 1 is 1.25 bits per heavy atom. The Kier molecular flexibility index (Phi) is 2.56. The van der Waals surface area contributed by atoms with Gasteiger partial charge < -0.3 is 9.84 Å². The lowest BCUT2D eigenvalue weighted by molar-refractivity contribution is -0.158. The van der Waals surface area contributed by atoms with E-state index in [0.29, 0.717) is 17.6 Å². The largest absolute Gasteiger partial charge is 0.508 e. The molecule has 5 atom stereocenters. The molecule has 0 radical (unpaired) electrons. The predicted molar refractivity (Wildman–Crippen MR) is 78.4 cm³/mol. The zero-order valence-corrected chi connectivity index (χ0v) is 12.2. The van der Waals surface area contributed by atoms with Crippen LogP contribution in [-0.4, -0.2) is 11.7 Å². The molecule has 1 aliphatic heterocycles. The molecule has 3 aliphatic carbocycles. The van der Waals surface area contributed by atoms with Gasteiger partial charge in [0.15, 0.2) is 0 Å². The summed E-state index contributed by atoms with van der Waals surface area (Å²) in [7, 11) is 0. The number of rotatable bonds is 1. The molecule has 0 amide bonds. The smallest absolute Gasteiger partial charge is 0.121 e. The Morgan fingerprint density at radius 2 is 2.05 bits per heavy atom. The molecule has 2 heteroatoms. The van der Waals surface area contributed by atoms with E-state index < -0.39 is 0 Å². The average Bonchev–Trinajstić information content (AvgIpc) is 2.39. The molecular weight excluding hydrogens is 248 g/mol. The summed E-state index contributed by atoms with van der Waals surface area (Å²) in [6.07, 6.45) is 5.04. The zero-order chi connectivity index (χ0) is 13.9. The summed E-state index contributed by atoms with van der Waals surface area (Å²) in [5.41, 5.74) is 2.78. The first-order valence-corrected chi connectivity index (χ1v) is 7.68. The van der Waals surface area contributed by atoms with E-state index in [1.807, 2.05) is 18.2 Å². The van der Waals surface area contributed by atoms with Crippen LogP contribution in [0, 0.1) is 23.2 Å². The van der Waals surface area contributed by atoms with Crippen molar-refractivity contribution in [3.8, 4) is 5.75 Å². The van der Waals surface area contributed by atoms with Gasteiger partial charge in [0.1, 0.15) is 5.75 Å². The van der Waals surface area contributed by atoms with Crippen LogP contribution in [0.25, 0.3) is 0 Å². The third-order valence-electron chi connectivity index (χ3n) is 6.05. The summed E-state index contributed by atoms with van der Waals surface area (Å²) < 4.78 is 6.18. The van der Waals surface area contributed by atoms with Gasteiger partial charge in [-0.1, -0.05) is 36.8 Å². The molecule has 1 saturated heterocycles. The van der Waals surface area contributed by atoms with Crippen LogP contribution in [0.1, 0.15) is 38.4 Å². The number of hydrogen-bond acceptors (Lipinski definition) is 2. The van der Waals surface area contributed by atoms with Crippen molar-refractivity contribution in [3.63, 3.8) is 0 Å². The molecule has 4 bridgehead atoms. The Bertz CT molecular complexity index is 577. The van der Waals surface area contributed by atoms with E-state index in [9.17, 15) is 5.11 Å². The molecule has 2 fully saturated rings. The van der Waals surface area contributed by atoms with Crippen LogP contribution in [0.15, 0.2) is 35.9 Å². The van der Waals surface area contributed by atoms with Crippen molar-refractivity contribution >= 4 is 0 Å². The zero-order valence-electron chi connectivity index (χ0n) is 12.2. The number of hydrogen-bond donors (Lipinski definition) is 1. The minimum atomic E-state index is 0.0459. The van der Waals surface area contributed by atoms with Crippen molar-refractivity contribution in [3.05, 3.63) is 41.5 Å². The first kappa shape index (κ1) is 12.5. The van der Waals surface area contributed by atoms with E-state index in [4.69, 9.17) is 4.74 Å². The molecule has 1 aromatic rings. The van der Waals surface area contributed by atoms with E-state index in [1.165, 1.54) is 12.8 Å². The van der Waals surface area contributed by atoms with Crippen molar-refractivity contribution in [2.24, 2.45) is 23.2 Å². The maximum atomic E-state index is 10.2. The summed E-state index contributed by atoms with van der Waals surface area (Å²) in [5, 5.41) is 10.2. The third-order valence-corrected chi connectivity index (χ3v) is 6.05. The number of phenolic OH excluding ortho intramolecular Hbond substituents is 1. The lowest BCUT2D eigenvalue weighted by Gasteiger charge is -2.58. The van der Waals surface area contributed by atoms with E-state index in [2.05, 4.69) is 19.9 Å². The summed E-state index contributed by atoms with van der Waals surface area (Å²) in [4.78, 5) is 0. The summed E-state index contributed by atoms with van der Waals surface area (Å²) >= 11 is 0. The topological polar surface area (TPSA) is 29.5 Å². The van der Waals surface area contributed by atoms with Gasteiger partial charge in [0.2, 0.25) is 0 Å². The fourth-order valence-corrected chi connectivity index (χ4v) is 4.83. The molecule has 1 aromatic carbocycles. The fourth-order valence-electron chi connectivity index (χ4n) is 4.83. The standard InChI is InChI=1S/C18H22O2/c1-11-9-18(2)13-7-12(11)8-15(18)17(20-10-13)14-5-3-4-6-16(14)19/h3-6,9,12-13,15,17,19H,7-8,10H2,1-2H3/t12-,13+,15-,17?,18+/m1/s1. The van der Waals surface area contributed by atoms with Gasteiger partial charge in [-0.2, -0.15) is 0 Å². The predicted octanol–water partition coefficient (Wildman–Crippen LogP) is 4.07. The van der Waals surface area contributed by atoms with Gasteiger partial charge in [-0.25, -0.2) is 0 Å². The Morgan fingerprint density at radius 3 is 2.85 bits per heavy atom. The van der Waals surface area contributed by atoms with E-state index >= 15 is 0 Å². The molecule has 5 rings (SSSR count). The van der Waals surface area contributed by atoms with Crippen molar-refractivity contribution in [1.29, 1.82) is 0 Å². The van der Waals surface area contributed by atoms with Gasteiger partial charge in [-0.05, 0) is 49.0 Å². The molecule has 1 unspecified atom stereocenters. The maximum absolute atomic E-state index is 10.2. The number of para-hydroxylation sites is 1. The van der Waals surface area contributed by atoms with Crippen LogP contribution in [0.4, 0.5) is 0 Å². The molecule has 20 heavy (non-hydrogen) atoms. The van der Waals surface area contributed by atoms with E-state index in [-0.39, 0.29) is 11.5 Å². The molecule has 2 nitrogen and oxygen atoms in total. The van der Waals surface area contributed by atoms with Crippen LogP contribution in [0.2, 0.25) is 0 Å². The van der Waals surface area contributed by atoms with Gasteiger partial charge >= 0.3 is 0 Å². The molecule has 1 N–H and O–H groups in total. The van der Waals surface area contributed by atoms with Crippen molar-refractivity contribution < 1.29 is 9.84 Å². The number of benzene rings is 1.